The molecule has 10 rings (SSSR count). The summed E-state index contributed by atoms with van der Waals surface area (Å²) in [6.07, 6.45) is 0.224. The van der Waals surface area contributed by atoms with Crippen molar-refractivity contribution in [1.29, 1.82) is 0 Å². The fraction of sp³-hybridized carbons (Fsp3) is 0.538. The molecule has 4 nitrogen and oxygen atoms in total. The second-order valence-corrected chi connectivity index (χ2v) is 15.9. The van der Waals surface area contributed by atoms with E-state index in [2.05, 4.69) is 11.6 Å². The molecule has 0 radical (unpaired) electrons. The van der Waals surface area contributed by atoms with Gasteiger partial charge in [-0.3, -0.25) is 9.78 Å². The summed E-state index contributed by atoms with van der Waals surface area (Å²) in [7, 11) is 0. The van der Waals surface area contributed by atoms with Crippen LogP contribution in [0.5, 0.6) is 0 Å². The highest BCUT2D eigenvalue weighted by Gasteiger charge is 2.59. The van der Waals surface area contributed by atoms with Crippen molar-refractivity contribution in [2.75, 3.05) is 13.1 Å². The van der Waals surface area contributed by atoms with E-state index in [1.807, 2.05) is 36.4 Å². The van der Waals surface area contributed by atoms with Crippen LogP contribution in [0.3, 0.4) is 0 Å². The van der Waals surface area contributed by atoms with E-state index in [0.29, 0.717) is 37.3 Å². The predicted octanol–water partition coefficient (Wildman–Crippen LogP) is 9.68. The Labute approximate surface area is 282 Å². The maximum absolute atomic E-state index is 14.6. The van der Waals surface area contributed by atoms with Gasteiger partial charge in [0.1, 0.15) is 12.6 Å². The maximum Gasteiger partial charge on any atom is 0.416 e. The van der Waals surface area contributed by atoms with Crippen molar-refractivity contribution in [3.63, 3.8) is 0 Å². The number of nitrogens with zero attached hydrogens (tertiary/aromatic N) is 2. The number of carbonyl (C=O) groups is 1. The number of fused-ring (bicyclic) bond motifs is 4. The molecule has 1 aromatic heterocycles. The Morgan fingerprint density at radius 1 is 0.939 bits per heavy atom. The van der Waals surface area contributed by atoms with Crippen molar-refractivity contribution >= 4 is 16.9 Å². The van der Waals surface area contributed by atoms with Crippen LogP contribution in [0.2, 0.25) is 0 Å². The van der Waals surface area contributed by atoms with Crippen LogP contribution in [0, 0.1) is 35.0 Å². The molecule has 7 fully saturated rings. The van der Waals surface area contributed by atoms with Gasteiger partial charge in [0.15, 0.2) is 6.10 Å². The van der Waals surface area contributed by atoms with Crippen molar-refractivity contribution in [3.8, 4) is 0 Å². The van der Waals surface area contributed by atoms with Gasteiger partial charge in [0, 0.05) is 41.5 Å². The van der Waals surface area contributed by atoms with E-state index in [-0.39, 0.29) is 46.5 Å². The molecular formula is C39H41F6N2O2+. The summed E-state index contributed by atoms with van der Waals surface area (Å²) in [6, 6.07) is 11.0. The predicted molar refractivity (Wildman–Crippen MR) is 172 cm³/mol. The summed E-state index contributed by atoms with van der Waals surface area (Å²) in [5.41, 5.74) is -1.69. The average Bonchev–Trinajstić information content (AvgIpc) is 3.05. The minimum absolute atomic E-state index is 0.0268. The molecular weight excluding hydrogens is 642 g/mol. The first kappa shape index (κ1) is 32.8. The first-order chi connectivity index (χ1) is 23.2. The zero-order valence-corrected chi connectivity index (χ0v) is 27.3. The van der Waals surface area contributed by atoms with Gasteiger partial charge in [-0.2, -0.15) is 26.3 Å². The SMILES string of the molecule is C=CC1C[N@+]2(Cc3cc(C(F)(F)F)cc(C(F)(F)F)c3)CCC1CC2C(OC(=O)C12CC3CC(CC(C3)C1)C2)c1ccnc2ccccc12. The van der Waals surface area contributed by atoms with Crippen LogP contribution in [0.15, 0.2) is 67.4 Å². The topological polar surface area (TPSA) is 39.2 Å². The third-order valence-corrected chi connectivity index (χ3v) is 12.9. The quantitative estimate of drug-likeness (QED) is 0.108. The number of piperidine rings is 3. The number of benzene rings is 2. The second-order valence-electron chi connectivity index (χ2n) is 15.9. The van der Waals surface area contributed by atoms with Crippen LogP contribution in [0.25, 0.3) is 10.9 Å². The molecule has 7 aliphatic rings. The molecule has 0 N–H and O–H groups in total. The summed E-state index contributed by atoms with van der Waals surface area (Å²) in [4.78, 5) is 19.2. The number of hydrogen-bond acceptors (Lipinski definition) is 3. The summed E-state index contributed by atoms with van der Waals surface area (Å²) in [5, 5.41) is 0.827. The fourth-order valence-electron chi connectivity index (χ4n) is 11.2. The summed E-state index contributed by atoms with van der Waals surface area (Å²) >= 11 is 0. The number of rotatable bonds is 7. The second kappa shape index (κ2) is 11.6. The lowest BCUT2D eigenvalue weighted by Crippen LogP contribution is -2.68. The molecule has 3 aromatic rings. The molecule has 4 unspecified atom stereocenters. The lowest BCUT2D eigenvalue weighted by molar-refractivity contribution is -0.984. The van der Waals surface area contributed by atoms with Crippen LogP contribution >= 0.6 is 0 Å². The van der Waals surface area contributed by atoms with Gasteiger partial charge in [0.05, 0.1) is 35.1 Å². The van der Waals surface area contributed by atoms with E-state index in [1.165, 1.54) is 0 Å². The van der Waals surface area contributed by atoms with Crippen molar-refractivity contribution < 1.29 is 40.4 Å². The normalized spacial score (nSPS) is 34.2. The van der Waals surface area contributed by atoms with Gasteiger partial charge in [-0.15, -0.1) is 6.58 Å². The average molecular weight is 684 g/mol. The van der Waals surface area contributed by atoms with Crippen LogP contribution in [0.4, 0.5) is 26.3 Å². The molecule has 2 aromatic carbocycles. The van der Waals surface area contributed by atoms with E-state index in [1.54, 1.807) is 6.20 Å². The summed E-state index contributed by atoms with van der Waals surface area (Å²) in [6.45, 7) is 5.04. The van der Waals surface area contributed by atoms with Gasteiger partial charge >= 0.3 is 18.3 Å². The zero-order valence-electron chi connectivity index (χ0n) is 27.3. The van der Waals surface area contributed by atoms with E-state index >= 15 is 0 Å². The van der Waals surface area contributed by atoms with Crippen LogP contribution in [-0.2, 0) is 28.4 Å². The number of alkyl halides is 6. The van der Waals surface area contributed by atoms with Crippen molar-refractivity contribution in [2.24, 2.45) is 35.0 Å². The Hall–Kier alpha value is -3.40. The van der Waals surface area contributed by atoms with Gasteiger partial charge in [-0.25, -0.2) is 0 Å². The lowest BCUT2D eigenvalue weighted by atomic mass is 9.49. The molecule has 3 saturated heterocycles. The van der Waals surface area contributed by atoms with Gasteiger partial charge in [0.25, 0.3) is 0 Å². The minimum Gasteiger partial charge on any atom is -0.451 e. The Kier molecular flexibility index (Phi) is 7.74. The minimum atomic E-state index is -4.94. The number of pyridine rings is 1. The Balaban J connectivity index is 1.24. The molecule has 3 aliphatic heterocycles. The third kappa shape index (κ3) is 5.75. The highest BCUT2D eigenvalue weighted by Crippen LogP contribution is 2.61. The fourth-order valence-corrected chi connectivity index (χ4v) is 11.2. The number of quaternary nitrogens is 1. The monoisotopic (exact) mass is 683 g/mol. The van der Waals surface area contributed by atoms with Crippen molar-refractivity contribution in [1.82, 2.24) is 4.98 Å². The highest BCUT2D eigenvalue weighted by molar-refractivity contribution is 5.83. The van der Waals surface area contributed by atoms with Gasteiger partial charge < -0.3 is 9.22 Å². The van der Waals surface area contributed by atoms with Crippen LogP contribution in [0.1, 0.15) is 79.7 Å². The number of ether oxygens (including phenoxy) is 1. The number of aromatic nitrogens is 1. The lowest BCUT2D eigenvalue weighted by Gasteiger charge is -2.59. The Bertz CT molecular complexity index is 1710. The molecule has 0 spiro atoms. The molecule has 4 saturated carbocycles. The Morgan fingerprint density at radius 3 is 2.18 bits per heavy atom. The van der Waals surface area contributed by atoms with Gasteiger partial charge in [0.2, 0.25) is 0 Å². The summed E-state index contributed by atoms with van der Waals surface area (Å²) in [5.74, 6) is 1.60. The number of halogens is 6. The number of hydrogen-bond donors (Lipinski definition) is 0. The molecule has 6 bridgehead atoms. The molecule has 4 aliphatic carbocycles. The van der Waals surface area contributed by atoms with E-state index in [0.717, 1.165) is 73.5 Å². The zero-order chi connectivity index (χ0) is 34.3. The molecule has 0 amide bonds. The first-order valence-electron chi connectivity index (χ1n) is 17.6. The van der Waals surface area contributed by atoms with Crippen molar-refractivity contribution in [3.05, 3.63) is 89.6 Å². The van der Waals surface area contributed by atoms with E-state index in [9.17, 15) is 31.1 Å². The number of carbonyl (C=O) groups excluding carboxylic acids is 1. The van der Waals surface area contributed by atoms with Gasteiger partial charge in [-0.05, 0) is 92.5 Å². The molecule has 10 heteroatoms. The van der Waals surface area contributed by atoms with Crippen molar-refractivity contribution in [2.45, 2.75) is 82.4 Å². The molecule has 4 heterocycles. The third-order valence-electron chi connectivity index (χ3n) is 12.9. The number of para-hydroxylation sites is 1. The molecule has 260 valence electrons. The highest BCUT2D eigenvalue weighted by atomic mass is 19.4. The van der Waals surface area contributed by atoms with Gasteiger partial charge in [-0.1, -0.05) is 24.3 Å². The Morgan fingerprint density at radius 2 is 1.57 bits per heavy atom. The van der Waals surface area contributed by atoms with Crippen LogP contribution in [-0.4, -0.2) is 34.6 Å². The molecule has 5 atom stereocenters. The van der Waals surface area contributed by atoms with Crippen LogP contribution < -0.4 is 0 Å². The maximum atomic E-state index is 14.6. The number of esters is 1. The van der Waals surface area contributed by atoms with E-state index < -0.39 is 35.0 Å². The smallest absolute Gasteiger partial charge is 0.416 e. The summed E-state index contributed by atoms with van der Waals surface area (Å²) < 4.78 is 91.0. The first-order valence-corrected chi connectivity index (χ1v) is 17.6. The van der Waals surface area contributed by atoms with E-state index in [4.69, 9.17) is 4.74 Å². The largest absolute Gasteiger partial charge is 0.451 e. The standard InChI is InChI=1S/C39H41F6N2O2/c1-2-27-22-47(21-26-14-29(38(40,41)42)17-30(15-26)39(43,44)45)10-8-28(27)16-34(47)35(32-7-9-46-33-6-4-3-5-31(32)33)49-36(48)37-18-23-11-24(19-37)13-25(12-23)20-37/h2-7,9,14-15,17,23-25,27-28,34-35H,1,8,10-13,16,18-22H2/q+1/t23?,24?,25?,27?,28?,34?,35?,37?,47-/m1/s1. The molecule has 49 heavy (non-hydrogen) atoms.